The van der Waals surface area contributed by atoms with E-state index in [0.717, 1.165) is 10.9 Å². The molecule has 80 valence electrons. The molecule has 0 aliphatic heterocycles. The van der Waals surface area contributed by atoms with E-state index >= 15 is 0 Å². The molecule has 1 aromatic heterocycles. The second-order valence-electron chi connectivity index (χ2n) is 3.49. The third kappa shape index (κ3) is 1.57. The molecule has 0 radical (unpaired) electrons. The second kappa shape index (κ2) is 3.59. The molecule has 0 fully saturated rings. The van der Waals surface area contributed by atoms with Crippen LogP contribution in [0.25, 0.3) is 10.9 Å². The fourth-order valence-electron chi connectivity index (χ4n) is 1.70. The van der Waals surface area contributed by atoms with Crippen molar-refractivity contribution in [2.75, 3.05) is 5.32 Å². The normalized spacial score (nSPS) is 10.0. The average molecular weight is 214 g/mol. The van der Waals surface area contributed by atoms with E-state index in [2.05, 4.69) is 11.4 Å². The van der Waals surface area contributed by atoms with Gasteiger partial charge in [0.15, 0.2) is 0 Å². The van der Waals surface area contributed by atoms with Crippen molar-refractivity contribution < 1.29 is 4.79 Å². The molecule has 0 unspecified atom stereocenters. The number of anilines is 1. The molecule has 2 aromatic rings. The largest absolute Gasteiger partial charge is 0.351 e. The predicted molar refractivity (Wildman–Crippen MR) is 60.8 cm³/mol. The Balaban J connectivity index is 2.61. The van der Waals surface area contributed by atoms with E-state index in [9.17, 15) is 4.79 Å². The van der Waals surface area contributed by atoms with Crippen LogP contribution in [0.1, 0.15) is 5.56 Å². The van der Waals surface area contributed by atoms with E-state index in [4.69, 9.17) is 11.0 Å². The van der Waals surface area contributed by atoms with Crippen molar-refractivity contribution in [1.29, 1.82) is 5.26 Å². The summed E-state index contributed by atoms with van der Waals surface area (Å²) in [5, 5.41) is 12.2. The van der Waals surface area contributed by atoms with Gasteiger partial charge in [-0.1, -0.05) is 0 Å². The molecular formula is C11H10N4O. The molecule has 5 nitrogen and oxygen atoms in total. The van der Waals surface area contributed by atoms with E-state index in [0.29, 0.717) is 11.3 Å². The van der Waals surface area contributed by atoms with Gasteiger partial charge in [0.2, 0.25) is 0 Å². The molecule has 3 N–H and O–H groups in total. The zero-order valence-corrected chi connectivity index (χ0v) is 8.69. The lowest BCUT2D eigenvalue weighted by molar-refractivity contribution is 0.259. The molecular weight excluding hydrogens is 204 g/mol. The number of rotatable bonds is 1. The van der Waals surface area contributed by atoms with Crippen molar-refractivity contribution in [2.45, 2.75) is 0 Å². The van der Waals surface area contributed by atoms with Crippen LogP contribution in [-0.2, 0) is 7.05 Å². The number of hydrogen-bond donors (Lipinski definition) is 2. The molecule has 1 heterocycles. The van der Waals surface area contributed by atoms with Crippen molar-refractivity contribution in [2.24, 2.45) is 12.8 Å². The molecule has 0 spiro atoms. The number of carbonyl (C=O) groups is 1. The quantitative estimate of drug-likeness (QED) is 0.754. The number of carbonyl (C=O) groups excluding carboxylic acids is 1. The fourth-order valence-corrected chi connectivity index (χ4v) is 1.70. The van der Waals surface area contributed by atoms with Gasteiger partial charge in [0.25, 0.3) is 0 Å². The molecule has 0 aliphatic carbocycles. The van der Waals surface area contributed by atoms with E-state index in [-0.39, 0.29) is 0 Å². The highest BCUT2D eigenvalue weighted by Gasteiger charge is 2.07. The Morgan fingerprint density at radius 3 is 2.94 bits per heavy atom. The molecule has 5 heteroatoms. The Labute approximate surface area is 92.1 Å². The minimum absolute atomic E-state index is 0.575. The summed E-state index contributed by atoms with van der Waals surface area (Å²) in [4.78, 5) is 10.7. The lowest BCUT2D eigenvalue weighted by Crippen LogP contribution is -2.19. The van der Waals surface area contributed by atoms with Crippen LogP contribution in [0.4, 0.5) is 10.5 Å². The van der Waals surface area contributed by atoms with E-state index in [1.165, 1.54) is 0 Å². The summed E-state index contributed by atoms with van der Waals surface area (Å²) in [7, 11) is 1.87. The standard InChI is InChI=1S/C11H10N4O/c1-15-6-7(5-12)9-4-8(14-11(13)16)2-3-10(9)15/h2-4,6H,1H3,(H3,13,14,16). The number of nitrogens with two attached hydrogens (primary N) is 1. The van der Waals surface area contributed by atoms with E-state index in [1.807, 2.05) is 17.7 Å². The van der Waals surface area contributed by atoms with Crippen LogP contribution in [-0.4, -0.2) is 10.6 Å². The molecule has 0 bridgehead atoms. The summed E-state index contributed by atoms with van der Waals surface area (Å²) in [5.74, 6) is 0. The summed E-state index contributed by atoms with van der Waals surface area (Å²) in [6.45, 7) is 0. The first kappa shape index (κ1) is 10.1. The zero-order chi connectivity index (χ0) is 11.7. The van der Waals surface area contributed by atoms with Gasteiger partial charge >= 0.3 is 6.03 Å². The average Bonchev–Trinajstić information content (AvgIpc) is 2.54. The summed E-state index contributed by atoms with van der Waals surface area (Å²) in [6.07, 6.45) is 1.75. The number of nitriles is 1. The first-order chi connectivity index (χ1) is 7.61. The number of aromatic nitrogens is 1. The van der Waals surface area contributed by atoms with Gasteiger partial charge in [0, 0.05) is 29.8 Å². The fraction of sp³-hybridized carbons (Fsp3) is 0.0909. The Morgan fingerprint density at radius 1 is 1.56 bits per heavy atom. The number of benzene rings is 1. The lowest BCUT2D eigenvalue weighted by Gasteiger charge is -2.02. The Bertz CT molecular complexity index is 606. The summed E-state index contributed by atoms with van der Waals surface area (Å²) < 4.78 is 1.86. The molecule has 0 saturated carbocycles. The number of aryl methyl sites for hydroxylation is 1. The van der Waals surface area contributed by atoms with Gasteiger partial charge in [-0.25, -0.2) is 4.79 Å². The van der Waals surface area contributed by atoms with Crippen LogP contribution in [0.5, 0.6) is 0 Å². The van der Waals surface area contributed by atoms with Crippen molar-refractivity contribution >= 4 is 22.6 Å². The number of hydrogen-bond acceptors (Lipinski definition) is 2. The van der Waals surface area contributed by atoms with Crippen molar-refractivity contribution in [3.63, 3.8) is 0 Å². The molecule has 0 aliphatic rings. The minimum atomic E-state index is -0.617. The number of fused-ring (bicyclic) bond motifs is 1. The minimum Gasteiger partial charge on any atom is -0.351 e. The first-order valence-corrected chi connectivity index (χ1v) is 4.67. The lowest BCUT2D eigenvalue weighted by atomic mass is 10.1. The number of nitrogens with zero attached hydrogens (tertiary/aromatic N) is 2. The molecule has 2 rings (SSSR count). The van der Waals surface area contributed by atoms with E-state index in [1.54, 1.807) is 18.3 Å². The van der Waals surface area contributed by atoms with Gasteiger partial charge < -0.3 is 15.6 Å². The van der Waals surface area contributed by atoms with Crippen LogP contribution in [0.2, 0.25) is 0 Å². The Kier molecular flexibility index (Phi) is 2.25. The highest BCUT2D eigenvalue weighted by atomic mass is 16.2. The molecule has 1 aromatic carbocycles. The van der Waals surface area contributed by atoms with Crippen LogP contribution in [0, 0.1) is 11.3 Å². The number of primary amides is 1. The van der Waals surface area contributed by atoms with Crippen LogP contribution >= 0.6 is 0 Å². The molecule has 0 atom stereocenters. The SMILES string of the molecule is Cn1cc(C#N)c2cc(NC(N)=O)ccc21. The highest BCUT2D eigenvalue weighted by Crippen LogP contribution is 2.23. The smallest absolute Gasteiger partial charge is 0.316 e. The zero-order valence-electron chi connectivity index (χ0n) is 8.69. The van der Waals surface area contributed by atoms with Crippen molar-refractivity contribution in [1.82, 2.24) is 4.57 Å². The number of urea groups is 1. The maximum atomic E-state index is 10.7. The van der Waals surface area contributed by atoms with Gasteiger partial charge in [-0.05, 0) is 18.2 Å². The monoisotopic (exact) mass is 214 g/mol. The Hall–Kier alpha value is -2.48. The van der Waals surface area contributed by atoms with E-state index < -0.39 is 6.03 Å². The van der Waals surface area contributed by atoms with Gasteiger partial charge in [0.05, 0.1) is 5.56 Å². The Morgan fingerprint density at radius 2 is 2.31 bits per heavy atom. The van der Waals surface area contributed by atoms with Crippen LogP contribution in [0.3, 0.4) is 0 Å². The predicted octanol–water partition coefficient (Wildman–Crippen LogP) is 1.54. The second-order valence-corrected chi connectivity index (χ2v) is 3.49. The third-order valence-electron chi connectivity index (χ3n) is 2.38. The first-order valence-electron chi connectivity index (χ1n) is 4.67. The maximum absolute atomic E-state index is 10.7. The third-order valence-corrected chi connectivity index (χ3v) is 2.38. The van der Waals surface area contributed by atoms with Crippen molar-refractivity contribution in [3.05, 3.63) is 30.0 Å². The summed E-state index contributed by atoms with van der Waals surface area (Å²) in [6, 6.07) is 6.80. The summed E-state index contributed by atoms with van der Waals surface area (Å²) in [5.41, 5.74) is 7.12. The number of amides is 2. The topological polar surface area (TPSA) is 83.8 Å². The van der Waals surface area contributed by atoms with Crippen LogP contribution < -0.4 is 11.1 Å². The molecule has 2 amide bonds. The van der Waals surface area contributed by atoms with Gasteiger partial charge in [-0.3, -0.25) is 0 Å². The summed E-state index contributed by atoms with van der Waals surface area (Å²) >= 11 is 0. The molecule has 0 saturated heterocycles. The van der Waals surface area contributed by atoms with Gasteiger partial charge in [-0.2, -0.15) is 5.26 Å². The number of nitrogens with one attached hydrogen (secondary N) is 1. The maximum Gasteiger partial charge on any atom is 0.316 e. The van der Waals surface area contributed by atoms with Gasteiger partial charge in [0.1, 0.15) is 6.07 Å². The highest BCUT2D eigenvalue weighted by molar-refractivity contribution is 5.94. The van der Waals surface area contributed by atoms with Crippen molar-refractivity contribution in [3.8, 4) is 6.07 Å². The van der Waals surface area contributed by atoms with Crippen LogP contribution in [0.15, 0.2) is 24.4 Å². The van der Waals surface area contributed by atoms with Gasteiger partial charge in [-0.15, -0.1) is 0 Å². The molecule has 16 heavy (non-hydrogen) atoms.